The summed E-state index contributed by atoms with van der Waals surface area (Å²) in [6.45, 7) is 14.6. The highest BCUT2D eigenvalue weighted by Crippen LogP contribution is 2.31. The zero-order chi connectivity index (χ0) is 27.3. The van der Waals surface area contributed by atoms with Crippen molar-refractivity contribution in [2.24, 2.45) is 5.73 Å². The molecular formula is C29H38N4O4. The summed E-state index contributed by atoms with van der Waals surface area (Å²) in [4.78, 5) is 35.6. The van der Waals surface area contributed by atoms with Gasteiger partial charge in [0.25, 0.3) is 0 Å². The van der Waals surface area contributed by atoms with Gasteiger partial charge in [-0.3, -0.25) is 9.97 Å². The average molecular weight is 507 g/mol. The molecule has 8 nitrogen and oxygen atoms in total. The maximum absolute atomic E-state index is 12.7. The van der Waals surface area contributed by atoms with E-state index >= 15 is 0 Å². The monoisotopic (exact) mass is 506 g/mol. The van der Waals surface area contributed by atoms with Gasteiger partial charge < -0.3 is 19.8 Å². The molecule has 0 saturated carbocycles. The smallest absolute Gasteiger partial charge is 0.410 e. The number of benzene rings is 1. The first-order valence-electron chi connectivity index (χ1n) is 12.8. The number of hydrogen-bond donors (Lipinski definition) is 1. The summed E-state index contributed by atoms with van der Waals surface area (Å²) in [7, 11) is 0. The molecule has 1 amide bonds. The standard InChI is InChI=1S/C27H32N4O4.C2H6/c1-16-15-29-23(17(2)30-16)14-22(28)21-12-20-7-6-19(13-24(20)34-25(21)32)18-8-10-31(11-9-18)26(33)35-27(3,4)5;1-2/h6-7,12-15,18H,8-11,28H2,1-5H3;1-2H3/b22-14-;. The Bertz CT molecular complexity index is 1350. The van der Waals surface area contributed by atoms with Gasteiger partial charge >= 0.3 is 11.7 Å². The Morgan fingerprint density at radius 1 is 1.16 bits per heavy atom. The Labute approximate surface area is 218 Å². The molecule has 1 fully saturated rings. The normalized spacial score (nSPS) is 14.8. The summed E-state index contributed by atoms with van der Waals surface area (Å²) in [5, 5.41) is 0.789. The molecule has 198 valence electrons. The van der Waals surface area contributed by atoms with Crippen LogP contribution >= 0.6 is 0 Å². The molecule has 0 atom stereocenters. The van der Waals surface area contributed by atoms with Gasteiger partial charge in [0.1, 0.15) is 11.2 Å². The van der Waals surface area contributed by atoms with Crippen LogP contribution in [0.5, 0.6) is 0 Å². The highest BCUT2D eigenvalue weighted by Gasteiger charge is 2.27. The zero-order valence-electron chi connectivity index (χ0n) is 22.9. The predicted molar refractivity (Wildman–Crippen MR) is 147 cm³/mol. The number of amides is 1. The largest absolute Gasteiger partial charge is 0.444 e. The maximum Gasteiger partial charge on any atom is 0.410 e. The van der Waals surface area contributed by atoms with Crippen molar-refractivity contribution in [2.45, 2.75) is 72.8 Å². The summed E-state index contributed by atoms with van der Waals surface area (Å²) in [5.74, 6) is 0.274. The van der Waals surface area contributed by atoms with Crippen LogP contribution in [-0.4, -0.2) is 39.7 Å². The Morgan fingerprint density at radius 3 is 2.46 bits per heavy atom. The fraction of sp³-hybridized carbons (Fsp3) is 0.448. The number of rotatable bonds is 3. The van der Waals surface area contributed by atoms with Crippen LogP contribution < -0.4 is 11.4 Å². The number of nitrogens with zero attached hydrogens (tertiary/aromatic N) is 3. The quantitative estimate of drug-likeness (QED) is 0.447. The third kappa shape index (κ3) is 6.96. The summed E-state index contributed by atoms with van der Waals surface area (Å²) < 4.78 is 11.1. The number of carbonyl (C=O) groups is 1. The van der Waals surface area contributed by atoms with Crippen LogP contribution in [0.2, 0.25) is 0 Å². The molecular weight excluding hydrogens is 468 g/mol. The van der Waals surface area contributed by atoms with Gasteiger partial charge in [-0.05, 0) is 77.2 Å². The summed E-state index contributed by atoms with van der Waals surface area (Å²) >= 11 is 0. The molecule has 1 aromatic carbocycles. The fourth-order valence-electron chi connectivity index (χ4n) is 4.28. The second kappa shape index (κ2) is 11.6. The van der Waals surface area contributed by atoms with E-state index in [1.54, 1.807) is 23.2 Å². The van der Waals surface area contributed by atoms with Crippen LogP contribution in [-0.2, 0) is 4.74 Å². The first-order valence-corrected chi connectivity index (χ1v) is 12.8. The highest BCUT2D eigenvalue weighted by molar-refractivity contribution is 5.85. The van der Waals surface area contributed by atoms with Crippen molar-refractivity contribution in [1.29, 1.82) is 0 Å². The van der Waals surface area contributed by atoms with Gasteiger partial charge in [0.2, 0.25) is 0 Å². The fourth-order valence-corrected chi connectivity index (χ4v) is 4.28. The molecule has 0 radical (unpaired) electrons. The minimum absolute atomic E-state index is 0.273. The summed E-state index contributed by atoms with van der Waals surface area (Å²) in [6, 6.07) is 7.67. The Hall–Kier alpha value is -3.68. The molecule has 2 aromatic heterocycles. The van der Waals surface area contributed by atoms with Gasteiger partial charge in [-0.2, -0.15) is 0 Å². The van der Waals surface area contributed by atoms with Crippen molar-refractivity contribution in [3.05, 3.63) is 69.1 Å². The number of hydrogen-bond acceptors (Lipinski definition) is 7. The number of aryl methyl sites for hydroxylation is 2. The number of nitrogens with two attached hydrogens (primary N) is 1. The molecule has 1 aliphatic heterocycles. The molecule has 0 aliphatic carbocycles. The highest BCUT2D eigenvalue weighted by atomic mass is 16.6. The van der Waals surface area contributed by atoms with Crippen LogP contribution in [0.4, 0.5) is 4.79 Å². The van der Waals surface area contributed by atoms with Crippen LogP contribution in [0.1, 0.15) is 81.6 Å². The lowest BCUT2D eigenvalue weighted by atomic mass is 9.89. The van der Waals surface area contributed by atoms with E-state index in [4.69, 9.17) is 14.9 Å². The minimum atomic E-state index is -0.506. The van der Waals surface area contributed by atoms with Gasteiger partial charge in [0.15, 0.2) is 0 Å². The zero-order valence-corrected chi connectivity index (χ0v) is 22.9. The second-order valence-electron chi connectivity index (χ2n) is 10.1. The summed E-state index contributed by atoms with van der Waals surface area (Å²) in [5.41, 5.74) is 9.57. The number of aromatic nitrogens is 2. The van der Waals surface area contributed by atoms with Crippen LogP contribution in [0.15, 0.2) is 39.7 Å². The molecule has 0 bridgehead atoms. The van der Waals surface area contributed by atoms with E-state index in [1.807, 2.05) is 60.6 Å². The lowest BCUT2D eigenvalue weighted by Crippen LogP contribution is -2.41. The van der Waals surface area contributed by atoms with E-state index in [0.717, 1.165) is 35.2 Å². The average Bonchev–Trinajstić information content (AvgIpc) is 2.85. The Kier molecular flexibility index (Phi) is 8.73. The van der Waals surface area contributed by atoms with E-state index in [1.165, 1.54) is 0 Å². The van der Waals surface area contributed by atoms with Crippen LogP contribution in [0.3, 0.4) is 0 Å². The van der Waals surface area contributed by atoms with Gasteiger partial charge in [-0.1, -0.05) is 26.0 Å². The van der Waals surface area contributed by atoms with Crippen molar-refractivity contribution in [2.75, 3.05) is 13.1 Å². The molecule has 0 spiro atoms. The Morgan fingerprint density at radius 2 is 1.84 bits per heavy atom. The van der Waals surface area contributed by atoms with Crippen molar-refractivity contribution in [3.63, 3.8) is 0 Å². The molecule has 3 aromatic rings. The van der Waals surface area contributed by atoms with Gasteiger partial charge in [0, 0.05) is 30.4 Å². The van der Waals surface area contributed by atoms with E-state index in [9.17, 15) is 9.59 Å². The third-order valence-electron chi connectivity index (χ3n) is 6.09. The number of ether oxygens (including phenoxy) is 1. The first kappa shape index (κ1) is 27.9. The van der Waals surface area contributed by atoms with Crippen molar-refractivity contribution < 1.29 is 13.9 Å². The lowest BCUT2D eigenvalue weighted by Gasteiger charge is -2.33. The van der Waals surface area contributed by atoms with Gasteiger partial charge in [-0.15, -0.1) is 0 Å². The van der Waals surface area contributed by atoms with E-state index in [2.05, 4.69) is 16.0 Å². The van der Waals surface area contributed by atoms with Gasteiger partial charge in [-0.25, -0.2) is 9.59 Å². The molecule has 4 rings (SSSR count). The molecule has 2 N–H and O–H groups in total. The maximum atomic E-state index is 12.7. The van der Waals surface area contributed by atoms with E-state index in [0.29, 0.717) is 24.4 Å². The summed E-state index contributed by atoms with van der Waals surface area (Å²) in [6.07, 6.45) is 4.67. The Balaban J connectivity index is 0.00000186. The van der Waals surface area contributed by atoms with E-state index < -0.39 is 11.2 Å². The first-order chi connectivity index (χ1) is 17.5. The van der Waals surface area contributed by atoms with Crippen LogP contribution in [0.25, 0.3) is 22.7 Å². The third-order valence-corrected chi connectivity index (χ3v) is 6.09. The number of likely N-dealkylation sites (tertiary alicyclic amines) is 1. The van der Waals surface area contributed by atoms with Gasteiger partial charge in [0.05, 0.1) is 22.6 Å². The predicted octanol–water partition coefficient (Wildman–Crippen LogP) is 5.80. The van der Waals surface area contributed by atoms with Crippen LogP contribution in [0, 0.1) is 13.8 Å². The molecule has 1 saturated heterocycles. The minimum Gasteiger partial charge on any atom is -0.444 e. The van der Waals surface area contributed by atoms with Crippen molar-refractivity contribution in [1.82, 2.24) is 14.9 Å². The van der Waals surface area contributed by atoms with Crippen molar-refractivity contribution in [3.8, 4) is 0 Å². The number of carbonyl (C=O) groups excluding carboxylic acids is 1. The number of fused-ring (bicyclic) bond motifs is 1. The second-order valence-corrected chi connectivity index (χ2v) is 10.1. The molecule has 8 heteroatoms. The SMILES string of the molecule is CC.Cc1cnc(/C=C(\N)c2cc3ccc(C4CCN(C(=O)OC(C)(C)C)CC4)cc3oc2=O)c(C)n1. The number of piperidine rings is 1. The topological polar surface area (TPSA) is 112 Å². The molecule has 0 unspecified atom stereocenters. The molecule has 1 aliphatic rings. The van der Waals surface area contributed by atoms with E-state index in [-0.39, 0.29) is 23.3 Å². The molecule has 3 heterocycles. The lowest BCUT2D eigenvalue weighted by molar-refractivity contribution is 0.0205. The van der Waals surface area contributed by atoms with Crippen molar-refractivity contribution >= 4 is 28.8 Å². The molecule has 37 heavy (non-hydrogen) atoms.